The molecule has 0 saturated carbocycles. The Morgan fingerprint density at radius 2 is 1.86 bits per heavy atom. The number of carbonyl (C=O) groups is 1. The third kappa shape index (κ3) is 4.46. The second-order valence-electron chi connectivity index (χ2n) is 6.47. The van der Waals surface area contributed by atoms with Gasteiger partial charge in [-0.2, -0.15) is 0 Å². The normalized spacial score (nSPS) is 11.8. The van der Waals surface area contributed by atoms with Gasteiger partial charge < -0.3 is 19.3 Å². The molecule has 6 nitrogen and oxygen atoms in total. The minimum Gasteiger partial charge on any atom is -0.482 e. The molecule has 1 aromatic heterocycles. The van der Waals surface area contributed by atoms with E-state index in [4.69, 9.17) is 19.3 Å². The monoisotopic (exact) mass is 379 g/mol. The van der Waals surface area contributed by atoms with Gasteiger partial charge in [0.2, 0.25) is 0 Å². The van der Waals surface area contributed by atoms with Crippen LogP contribution in [-0.2, 0) is 4.79 Å². The van der Waals surface area contributed by atoms with Gasteiger partial charge in [0, 0.05) is 11.6 Å². The molecule has 0 saturated heterocycles. The Kier molecular flexibility index (Phi) is 5.89. The largest absolute Gasteiger partial charge is 0.482 e. The molecule has 0 fully saturated rings. The SMILES string of the molecule is CCC(C)c1ccc(OC(=O)COc2ccc3oc(=O)c(C=N)cc3c2)cc1. The average molecular weight is 379 g/mol. The van der Waals surface area contributed by atoms with E-state index >= 15 is 0 Å². The van der Waals surface area contributed by atoms with E-state index in [2.05, 4.69) is 13.8 Å². The Balaban J connectivity index is 1.63. The smallest absolute Gasteiger partial charge is 0.349 e. The Hall–Kier alpha value is -3.41. The van der Waals surface area contributed by atoms with Gasteiger partial charge in [-0.15, -0.1) is 0 Å². The fourth-order valence-electron chi connectivity index (χ4n) is 2.71. The van der Waals surface area contributed by atoms with Crippen molar-refractivity contribution < 1.29 is 18.7 Å². The summed E-state index contributed by atoms with van der Waals surface area (Å²) in [5.41, 5.74) is 1.15. The Morgan fingerprint density at radius 3 is 2.54 bits per heavy atom. The van der Waals surface area contributed by atoms with Gasteiger partial charge in [0.25, 0.3) is 0 Å². The highest BCUT2D eigenvalue weighted by Crippen LogP contribution is 2.22. The zero-order valence-electron chi connectivity index (χ0n) is 15.7. The van der Waals surface area contributed by atoms with E-state index < -0.39 is 11.6 Å². The molecular formula is C22H21NO5. The minimum absolute atomic E-state index is 0.143. The summed E-state index contributed by atoms with van der Waals surface area (Å²) in [6.45, 7) is 4.02. The zero-order chi connectivity index (χ0) is 20.1. The van der Waals surface area contributed by atoms with Crippen molar-refractivity contribution in [2.45, 2.75) is 26.2 Å². The summed E-state index contributed by atoms with van der Waals surface area (Å²) in [6, 6.07) is 13.8. The molecular weight excluding hydrogens is 358 g/mol. The molecule has 1 atom stereocenters. The molecule has 28 heavy (non-hydrogen) atoms. The van der Waals surface area contributed by atoms with Gasteiger partial charge in [0.15, 0.2) is 6.61 Å². The van der Waals surface area contributed by atoms with Crippen LogP contribution in [0, 0.1) is 5.41 Å². The molecule has 3 rings (SSSR count). The van der Waals surface area contributed by atoms with Crippen LogP contribution in [0.4, 0.5) is 0 Å². The molecule has 144 valence electrons. The van der Waals surface area contributed by atoms with Gasteiger partial charge in [0.05, 0.1) is 5.56 Å². The number of rotatable bonds is 7. The summed E-state index contributed by atoms with van der Waals surface area (Å²) < 4.78 is 15.9. The second kappa shape index (κ2) is 8.52. The Bertz CT molecular complexity index is 1050. The van der Waals surface area contributed by atoms with Gasteiger partial charge in [0.1, 0.15) is 17.1 Å². The molecule has 0 radical (unpaired) electrons. The zero-order valence-corrected chi connectivity index (χ0v) is 15.7. The van der Waals surface area contributed by atoms with Gasteiger partial charge in [-0.25, -0.2) is 9.59 Å². The first-order valence-electron chi connectivity index (χ1n) is 9.02. The van der Waals surface area contributed by atoms with Crippen LogP contribution in [0.15, 0.2) is 57.7 Å². The first kappa shape index (κ1) is 19.4. The molecule has 0 aliphatic heterocycles. The molecule has 0 aliphatic rings. The van der Waals surface area contributed by atoms with Crippen LogP contribution < -0.4 is 15.1 Å². The van der Waals surface area contributed by atoms with Crippen LogP contribution in [0.5, 0.6) is 11.5 Å². The maximum atomic E-state index is 12.0. The highest BCUT2D eigenvalue weighted by atomic mass is 16.6. The molecule has 6 heteroatoms. The molecule has 1 unspecified atom stereocenters. The van der Waals surface area contributed by atoms with Gasteiger partial charge in [-0.1, -0.05) is 26.0 Å². The van der Waals surface area contributed by atoms with Crippen molar-refractivity contribution in [2.75, 3.05) is 6.61 Å². The van der Waals surface area contributed by atoms with Crippen LogP contribution in [0.25, 0.3) is 11.0 Å². The van der Waals surface area contributed by atoms with Gasteiger partial charge >= 0.3 is 11.6 Å². The number of fused-ring (bicyclic) bond motifs is 1. The van der Waals surface area contributed by atoms with Crippen molar-refractivity contribution in [2.24, 2.45) is 0 Å². The first-order valence-corrected chi connectivity index (χ1v) is 9.02. The van der Waals surface area contributed by atoms with Crippen LogP contribution in [0.2, 0.25) is 0 Å². The maximum absolute atomic E-state index is 12.0. The van der Waals surface area contributed by atoms with Crippen molar-refractivity contribution in [3.05, 3.63) is 70.1 Å². The van der Waals surface area contributed by atoms with Crippen molar-refractivity contribution in [1.29, 1.82) is 5.41 Å². The number of benzene rings is 2. The number of hydrogen-bond donors (Lipinski definition) is 1. The fourth-order valence-corrected chi connectivity index (χ4v) is 2.71. The molecule has 1 N–H and O–H groups in total. The standard InChI is InChI=1S/C22H21NO5/c1-3-14(2)15-4-6-18(7-5-15)27-21(24)13-26-19-8-9-20-16(11-19)10-17(12-23)22(25)28-20/h4-12,14,23H,3,13H2,1-2H3. The number of esters is 1. The fraction of sp³-hybridized carbons (Fsp3) is 0.227. The third-order valence-corrected chi connectivity index (χ3v) is 4.54. The van der Waals surface area contributed by atoms with Crippen LogP contribution >= 0.6 is 0 Å². The average Bonchev–Trinajstić information content (AvgIpc) is 2.71. The second-order valence-corrected chi connectivity index (χ2v) is 6.47. The molecule has 0 bridgehead atoms. The lowest BCUT2D eigenvalue weighted by molar-refractivity contribution is -0.136. The summed E-state index contributed by atoms with van der Waals surface area (Å²) in [5, 5.41) is 7.83. The number of hydrogen-bond acceptors (Lipinski definition) is 6. The van der Waals surface area contributed by atoms with E-state index in [1.165, 1.54) is 11.6 Å². The highest BCUT2D eigenvalue weighted by molar-refractivity contribution is 5.86. The first-order chi connectivity index (χ1) is 13.5. The summed E-state index contributed by atoms with van der Waals surface area (Å²) in [4.78, 5) is 23.6. The van der Waals surface area contributed by atoms with Crippen LogP contribution in [0.3, 0.4) is 0 Å². The molecule has 0 aliphatic carbocycles. The number of nitrogens with one attached hydrogen (secondary N) is 1. The van der Waals surface area contributed by atoms with E-state index in [1.54, 1.807) is 30.3 Å². The molecule has 0 amide bonds. The van der Waals surface area contributed by atoms with Crippen molar-refractivity contribution in [3.63, 3.8) is 0 Å². The van der Waals surface area contributed by atoms with E-state index in [9.17, 15) is 9.59 Å². The van der Waals surface area contributed by atoms with Crippen molar-refractivity contribution >= 4 is 23.2 Å². The summed E-state index contributed by atoms with van der Waals surface area (Å²) in [7, 11) is 0. The van der Waals surface area contributed by atoms with E-state index in [0.29, 0.717) is 28.4 Å². The lowest BCUT2D eigenvalue weighted by atomic mass is 9.99. The van der Waals surface area contributed by atoms with Crippen LogP contribution in [-0.4, -0.2) is 18.8 Å². The number of ether oxygens (including phenoxy) is 2. The lowest BCUT2D eigenvalue weighted by Gasteiger charge is -2.10. The van der Waals surface area contributed by atoms with E-state index in [1.807, 2.05) is 12.1 Å². The third-order valence-electron chi connectivity index (χ3n) is 4.54. The molecule has 0 spiro atoms. The summed E-state index contributed by atoms with van der Waals surface area (Å²) in [6.07, 6.45) is 1.98. The molecule has 3 aromatic rings. The lowest BCUT2D eigenvalue weighted by Crippen LogP contribution is -2.17. The highest BCUT2D eigenvalue weighted by Gasteiger charge is 2.09. The Labute approximate surface area is 162 Å². The summed E-state index contributed by atoms with van der Waals surface area (Å²) in [5.74, 6) is 0.840. The van der Waals surface area contributed by atoms with Gasteiger partial charge in [-0.05, 0) is 54.3 Å². The molecule has 2 aromatic carbocycles. The van der Waals surface area contributed by atoms with Crippen molar-refractivity contribution in [3.8, 4) is 11.5 Å². The van der Waals surface area contributed by atoms with Crippen molar-refractivity contribution in [1.82, 2.24) is 0 Å². The predicted molar refractivity (Wildman–Crippen MR) is 107 cm³/mol. The minimum atomic E-state index is -0.570. The Morgan fingerprint density at radius 1 is 1.14 bits per heavy atom. The topological polar surface area (TPSA) is 89.6 Å². The number of carbonyl (C=O) groups excluding carboxylic acids is 1. The molecule has 1 heterocycles. The van der Waals surface area contributed by atoms with Crippen LogP contribution in [0.1, 0.15) is 37.3 Å². The van der Waals surface area contributed by atoms with E-state index in [0.717, 1.165) is 12.6 Å². The maximum Gasteiger partial charge on any atom is 0.349 e. The van der Waals surface area contributed by atoms with Gasteiger partial charge in [-0.3, -0.25) is 0 Å². The predicted octanol–water partition coefficient (Wildman–Crippen LogP) is 4.29. The quantitative estimate of drug-likeness (QED) is 0.286. The summed E-state index contributed by atoms with van der Waals surface area (Å²) >= 11 is 0. The van der Waals surface area contributed by atoms with E-state index in [-0.39, 0.29) is 12.2 Å².